The van der Waals surface area contributed by atoms with E-state index >= 15 is 0 Å². The van der Waals surface area contributed by atoms with Crippen LogP contribution in [0.1, 0.15) is 32.9 Å². The lowest BCUT2D eigenvalue weighted by Gasteiger charge is -2.13. The molecule has 1 atom stereocenters. The molecule has 7 heteroatoms. The van der Waals surface area contributed by atoms with Crippen molar-refractivity contribution >= 4 is 17.3 Å². The molecule has 0 amide bonds. The molecule has 2 rings (SSSR count). The van der Waals surface area contributed by atoms with E-state index in [9.17, 15) is 4.79 Å². The van der Waals surface area contributed by atoms with Gasteiger partial charge in [-0.15, -0.1) is 11.3 Å². The van der Waals surface area contributed by atoms with Crippen molar-refractivity contribution in [2.45, 2.75) is 39.9 Å². The fourth-order valence-electron chi connectivity index (χ4n) is 1.85. The molecule has 0 bridgehead atoms. The number of hydrogen-bond acceptors (Lipinski definition) is 6. The first kappa shape index (κ1) is 17.6. The predicted molar refractivity (Wildman–Crippen MR) is 89.0 cm³/mol. The summed E-state index contributed by atoms with van der Waals surface area (Å²) in [6, 6.07) is 0. The highest BCUT2D eigenvalue weighted by Gasteiger charge is 2.16. The van der Waals surface area contributed by atoms with Gasteiger partial charge in [-0.2, -0.15) is 5.10 Å². The van der Waals surface area contributed by atoms with Crippen molar-refractivity contribution in [3.8, 4) is 10.6 Å². The molecule has 0 saturated heterocycles. The van der Waals surface area contributed by atoms with Gasteiger partial charge in [0.2, 0.25) is 0 Å². The minimum Gasteiger partial charge on any atom is -0.457 e. The van der Waals surface area contributed by atoms with Gasteiger partial charge in [0.15, 0.2) is 6.10 Å². The molecule has 23 heavy (non-hydrogen) atoms. The molecule has 0 N–H and O–H groups in total. The van der Waals surface area contributed by atoms with Gasteiger partial charge < -0.3 is 9.47 Å². The normalized spacial score (nSPS) is 12.6. The van der Waals surface area contributed by atoms with Crippen molar-refractivity contribution in [3.63, 3.8) is 0 Å². The Morgan fingerprint density at radius 2 is 2.17 bits per heavy atom. The van der Waals surface area contributed by atoms with E-state index < -0.39 is 6.10 Å². The van der Waals surface area contributed by atoms with Crippen LogP contribution in [-0.4, -0.2) is 33.4 Å². The van der Waals surface area contributed by atoms with Crippen molar-refractivity contribution in [2.24, 2.45) is 13.0 Å². The Kier molecular flexibility index (Phi) is 6.29. The topological polar surface area (TPSA) is 66.2 Å². The van der Waals surface area contributed by atoms with Crippen LogP contribution in [0.4, 0.5) is 0 Å². The SMILES string of the molecule is CC(C)CCOC(C)C(=O)OCc1csc(-c2cnn(C)c2)n1. The van der Waals surface area contributed by atoms with E-state index in [1.54, 1.807) is 17.8 Å². The van der Waals surface area contributed by atoms with E-state index in [4.69, 9.17) is 9.47 Å². The number of thiazole rings is 1. The highest BCUT2D eigenvalue weighted by atomic mass is 32.1. The summed E-state index contributed by atoms with van der Waals surface area (Å²) in [6.07, 6.45) is 4.04. The van der Waals surface area contributed by atoms with Gasteiger partial charge in [-0.25, -0.2) is 9.78 Å². The number of nitrogens with zero attached hydrogens (tertiary/aromatic N) is 3. The zero-order chi connectivity index (χ0) is 16.8. The van der Waals surface area contributed by atoms with Gasteiger partial charge in [0.05, 0.1) is 11.9 Å². The third-order valence-electron chi connectivity index (χ3n) is 3.26. The lowest BCUT2D eigenvalue weighted by molar-refractivity contribution is -0.157. The summed E-state index contributed by atoms with van der Waals surface area (Å²) in [7, 11) is 1.86. The number of carbonyl (C=O) groups is 1. The average molecular weight is 337 g/mol. The van der Waals surface area contributed by atoms with Crippen LogP contribution in [0.25, 0.3) is 10.6 Å². The van der Waals surface area contributed by atoms with Gasteiger partial charge in [0.25, 0.3) is 0 Å². The van der Waals surface area contributed by atoms with Gasteiger partial charge in [0.1, 0.15) is 11.6 Å². The molecule has 2 aromatic heterocycles. The molecular weight excluding hydrogens is 314 g/mol. The number of rotatable bonds is 8. The summed E-state index contributed by atoms with van der Waals surface area (Å²) in [6.45, 7) is 6.68. The number of carbonyl (C=O) groups excluding carboxylic acids is 1. The maximum absolute atomic E-state index is 11.9. The Hall–Kier alpha value is -1.73. The fraction of sp³-hybridized carbons (Fsp3) is 0.562. The molecule has 126 valence electrons. The Labute approximate surface area is 140 Å². The molecule has 1 unspecified atom stereocenters. The van der Waals surface area contributed by atoms with Crippen molar-refractivity contribution in [1.82, 2.24) is 14.8 Å². The molecular formula is C16H23N3O3S. The average Bonchev–Trinajstić information content (AvgIpc) is 3.12. The summed E-state index contributed by atoms with van der Waals surface area (Å²) in [5, 5.41) is 6.88. The highest BCUT2D eigenvalue weighted by Crippen LogP contribution is 2.23. The summed E-state index contributed by atoms with van der Waals surface area (Å²) in [5.41, 5.74) is 1.69. The van der Waals surface area contributed by atoms with Gasteiger partial charge in [-0.05, 0) is 19.3 Å². The third kappa shape index (κ3) is 5.44. The summed E-state index contributed by atoms with van der Waals surface area (Å²) >= 11 is 1.51. The summed E-state index contributed by atoms with van der Waals surface area (Å²) in [5.74, 6) is 0.198. The first-order valence-corrected chi connectivity index (χ1v) is 8.55. The minimum absolute atomic E-state index is 0.160. The standard InChI is InChI=1S/C16H23N3O3S/c1-11(2)5-6-21-12(3)16(20)22-9-14-10-23-15(18-14)13-7-17-19(4)8-13/h7-8,10-12H,5-6,9H2,1-4H3. The number of hydrogen-bond donors (Lipinski definition) is 0. The van der Waals surface area contributed by atoms with Crippen molar-refractivity contribution in [3.05, 3.63) is 23.5 Å². The summed E-state index contributed by atoms with van der Waals surface area (Å²) < 4.78 is 12.5. The second kappa shape index (κ2) is 8.21. The van der Waals surface area contributed by atoms with E-state index in [1.807, 2.05) is 18.6 Å². The lowest BCUT2D eigenvalue weighted by Crippen LogP contribution is -2.24. The molecule has 2 aromatic rings. The second-order valence-corrected chi connectivity index (χ2v) is 6.71. The molecule has 0 aliphatic rings. The highest BCUT2D eigenvalue weighted by molar-refractivity contribution is 7.13. The molecule has 0 aliphatic carbocycles. The zero-order valence-corrected chi connectivity index (χ0v) is 14.8. The molecule has 0 spiro atoms. The number of aromatic nitrogens is 3. The fourth-order valence-corrected chi connectivity index (χ4v) is 2.63. The quantitative estimate of drug-likeness (QED) is 0.693. The van der Waals surface area contributed by atoms with E-state index in [1.165, 1.54) is 11.3 Å². The van der Waals surface area contributed by atoms with E-state index in [2.05, 4.69) is 23.9 Å². The maximum atomic E-state index is 11.9. The Morgan fingerprint density at radius 3 is 2.83 bits per heavy atom. The summed E-state index contributed by atoms with van der Waals surface area (Å²) in [4.78, 5) is 16.3. The molecule has 6 nitrogen and oxygen atoms in total. The number of aryl methyl sites for hydroxylation is 1. The van der Waals surface area contributed by atoms with Crippen LogP contribution in [0.15, 0.2) is 17.8 Å². The Bertz CT molecular complexity index is 636. The minimum atomic E-state index is -0.551. The third-order valence-corrected chi connectivity index (χ3v) is 4.20. The van der Waals surface area contributed by atoms with Crippen LogP contribution in [0, 0.1) is 5.92 Å². The molecule has 0 saturated carbocycles. The van der Waals surface area contributed by atoms with Crippen LogP contribution < -0.4 is 0 Å². The number of esters is 1. The predicted octanol–water partition coefficient (Wildman–Crippen LogP) is 3.04. The van der Waals surface area contributed by atoms with Crippen LogP contribution in [0.3, 0.4) is 0 Å². The lowest BCUT2D eigenvalue weighted by atomic mass is 10.1. The van der Waals surface area contributed by atoms with E-state index in [-0.39, 0.29) is 12.6 Å². The van der Waals surface area contributed by atoms with Gasteiger partial charge >= 0.3 is 5.97 Å². The molecule has 0 fully saturated rings. The largest absolute Gasteiger partial charge is 0.457 e. The molecule has 0 radical (unpaired) electrons. The Balaban J connectivity index is 1.79. The van der Waals surface area contributed by atoms with Crippen LogP contribution >= 0.6 is 11.3 Å². The van der Waals surface area contributed by atoms with Crippen molar-refractivity contribution in [2.75, 3.05) is 6.61 Å². The van der Waals surface area contributed by atoms with Crippen molar-refractivity contribution in [1.29, 1.82) is 0 Å². The van der Waals surface area contributed by atoms with Gasteiger partial charge in [-0.1, -0.05) is 13.8 Å². The number of ether oxygens (including phenoxy) is 2. The molecule has 0 aromatic carbocycles. The maximum Gasteiger partial charge on any atom is 0.335 e. The van der Waals surface area contributed by atoms with Crippen molar-refractivity contribution < 1.29 is 14.3 Å². The zero-order valence-electron chi connectivity index (χ0n) is 14.0. The monoisotopic (exact) mass is 337 g/mol. The smallest absolute Gasteiger partial charge is 0.335 e. The van der Waals surface area contributed by atoms with Crippen LogP contribution in [0.2, 0.25) is 0 Å². The van der Waals surface area contributed by atoms with Crippen LogP contribution in [0.5, 0.6) is 0 Å². The molecule has 2 heterocycles. The second-order valence-electron chi connectivity index (χ2n) is 5.85. The Morgan fingerprint density at radius 1 is 1.39 bits per heavy atom. The van der Waals surface area contributed by atoms with E-state index in [0.717, 1.165) is 22.7 Å². The van der Waals surface area contributed by atoms with Gasteiger partial charge in [-0.3, -0.25) is 4.68 Å². The van der Waals surface area contributed by atoms with Gasteiger partial charge in [0, 0.05) is 30.8 Å². The first-order chi connectivity index (χ1) is 11.0. The van der Waals surface area contributed by atoms with E-state index in [0.29, 0.717) is 12.5 Å². The molecule has 0 aliphatic heterocycles. The van der Waals surface area contributed by atoms with Crippen LogP contribution in [-0.2, 0) is 27.9 Å². The first-order valence-electron chi connectivity index (χ1n) is 7.67.